The number of rotatable bonds is 4. The van der Waals surface area contributed by atoms with Crippen molar-refractivity contribution in [3.05, 3.63) is 42.2 Å². The number of nitrogens with two attached hydrogens (primary N) is 1. The summed E-state index contributed by atoms with van der Waals surface area (Å²) >= 11 is 0. The maximum absolute atomic E-state index is 13.2. The van der Waals surface area contributed by atoms with E-state index in [1.807, 2.05) is 12.1 Å². The van der Waals surface area contributed by atoms with E-state index in [4.69, 9.17) is 19.3 Å². The molecule has 0 fully saturated rings. The largest absolute Gasteiger partial charge is 0.493 e. The predicted octanol–water partition coefficient (Wildman–Crippen LogP) is 2.60. The Morgan fingerprint density at radius 2 is 2.18 bits per heavy atom. The molecule has 0 radical (unpaired) electrons. The molecule has 1 atom stereocenters. The zero-order valence-electron chi connectivity index (χ0n) is 17.8. The highest BCUT2D eigenvalue weighted by Crippen LogP contribution is 2.40. The number of hydrogen-bond donors (Lipinski definition) is 2. The van der Waals surface area contributed by atoms with Crippen LogP contribution in [0.1, 0.15) is 12.0 Å². The van der Waals surface area contributed by atoms with Crippen LogP contribution in [-0.2, 0) is 22.9 Å². The van der Waals surface area contributed by atoms with Gasteiger partial charge in [0.2, 0.25) is 11.8 Å². The summed E-state index contributed by atoms with van der Waals surface area (Å²) in [6.07, 6.45) is 4.33. The van der Waals surface area contributed by atoms with Gasteiger partial charge in [0.05, 0.1) is 32.2 Å². The second-order valence-corrected chi connectivity index (χ2v) is 9.24. The van der Waals surface area contributed by atoms with Crippen LogP contribution in [0.3, 0.4) is 0 Å². The van der Waals surface area contributed by atoms with Gasteiger partial charge >= 0.3 is 6.03 Å². The van der Waals surface area contributed by atoms with Gasteiger partial charge in [-0.3, -0.25) is 0 Å². The standard InChI is InChI=1S/C21H22N6O5S/c1-30-18-11-13(5-7-23-18)14-3-4-16-15(6-10-31-16)19(14)25-21(28)26-33(22,29)17-12-24-27-8-2-9-32-20(17)27/h3-5,7,11-12H,2,6,8-10H2,1H3,(H3,22,25,26,28,29). The minimum Gasteiger partial charge on any atom is -0.493 e. The lowest BCUT2D eigenvalue weighted by molar-refractivity contribution is 0.224. The number of aromatic nitrogens is 3. The van der Waals surface area contributed by atoms with Crippen molar-refractivity contribution < 1.29 is 23.2 Å². The molecule has 0 spiro atoms. The average molecular weight is 471 g/mol. The second-order valence-electron chi connectivity index (χ2n) is 7.48. The Bertz CT molecular complexity index is 1360. The lowest BCUT2D eigenvalue weighted by Gasteiger charge is -2.16. The van der Waals surface area contributed by atoms with Crippen LogP contribution < -0.4 is 24.7 Å². The molecular formula is C21H22N6O5S. The number of nitrogens with zero attached hydrogens (tertiary/aromatic N) is 4. The van der Waals surface area contributed by atoms with Gasteiger partial charge in [-0.2, -0.15) is 5.10 Å². The van der Waals surface area contributed by atoms with Gasteiger partial charge in [-0.15, -0.1) is 4.36 Å². The van der Waals surface area contributed by atoms with Gasteiger partial charge in [-0.25, -0.2) is 23.8 Å². The zero-order valence-corrected chi connectivity index (χ0v) is 18.6. The van der Waals surface area contributed by atoms with E-state index >= 15 is 0 Å². The summed E-state index contributed by atoms with van der Waals surface area (Å²) in [4.78, 5) is 17.1. The minimum absolute atomic E-state index is 0.0954. The molecule has 0 saturated heterocycles. The van der Waals surface area contributed by atoms with Gasteiger partial charge in [0.15, 0.2) is 9.92 Å². The van der Waals surface area contributed by atoms with E-state index in [1.54, 1.807) is 23.0 Å². The van der Waals surface area contributed by atoms with Crippen molar-refractivity contribution in [2.75, 3.05) is 25.6 Å². The third-order valence-corrected chi connectivity index (χ3v) is 6.76. The molecular weight excluding hydrogens is 448 g/mol. The smallest absolute Gasteiger partial charge is 0.354 e. The third-order valence-electron chi connectivity index (χ3n) is 5.41. The number of carbonyl (C=O) groups excluding carboxylic acids is 1. The molecule has 2 aliphatic heterocycles. The van der Waals surface area contributed by atoms with E-state index in [-0.39, 0.29) is 10.8 Å². The number of aryl methyl sites for hydroxylation is 1. The number of nitrogens with one attached hydrogen (secondary N) is 1. The lowest BCUT2D eigenvalue weighted by atomic mass is 9.99. The van der Waals surface area contributed by atoms with Crippen LogP contribution in [0.2, 0.25) is 0 Å². The van der Waals surface area contributed by atoms with E-state index < -0.39 is 15.9 Å². The molecule has 11 nitrogen and oxygen atoms in total. The maximum Gasteiger partial charge on any atom is 0.354 e. The van der Waals surface area contributed by atoms with Crippen molar-refractivity contribution in [2.24, 2.45) is 9.50 Å². The second kappa shape index (κ2) is 8.37. The fourth-order valence-corrected chi connectivity index (χ4v) is 4.90. The summed E-state index contributed by atoms with van der Waals surface area (Å²) < 4.78 is 35.0. The van der Waals surface area contributed by atoms with Crippen LogP contribution in [-0.4, -0.2) is 45.3 Å². The summed E-state index contributed by atoms with van der Waals surface area (Å²) in [5.74, 6) is 1.38. The molecule has 0 saturated carbocycles. The topological polar surface area (TPSA) is 143 Å². The fraction of sp³-hybridized carbons (Fsp3) is 0.286. The number of anilines is 1. The van der Waals surface area contributed by atoms with Gasteiger partial charge in [-0.05, 0) is 23.8 Å². The number of methoxy groups -OCH3 is 1. The molecule has 0 bridgehead atoms. The molecule has 5 rings (SSSR count). The van der Waals surface area contributed by atoms with E-state index in [1.165, 1.54) is 13.3 Å². The molecule has 3 N–H and O–H groups in total. The van der Waals surface area contributed by atoms with E-state index in [0.29, 0.717) is 43.5 Å². The highest BCUT2D eigenvalue weighted by molar-refractivity contribution is 7.91. The summed E-state index contributed by atoms with van der Waals surface area (Å²) in [7, 11) is -2.06. The summed E-state index contributed by atoms with van der Waals surface area (Å²) in [5, 5.41) is 12.9. The van der Waals surface area contributed by atoms with Crippen LogP contribution in [0.5, 0.6) is 17.5 Å². The maximum atomic E-state index is 13.2. The summed E-state index contributed by atoms with van der Waals surface area (Å²) in [6, 6.07) is 6.39. The van der Waals surface area contributed by atoms with Gasteiger partial charge in [0, 0.05) is 42.8 Å². The van der Waals surface area contributed by atoms with Crippen molar-refractivity contribution >= 4 is 21.6 Å². The SMILES string of the molecule is COc1cc(-c2ccc3c(c2NC(=O)N=S(N)(=O)c2cnn4c2OCCC4)CCO3)ccn1. The number of urea groups is 1. The van der Waals surface area contributed by atoms with Gasteiger partial charge in [0.1, 0.15) is 10.6 Å². The number of amides is 2. The van der Waals surface area contributed by atoms with Crippen LogP contribution in [0.15, 0.2) is 45.9 Å². The molecule has 2 amide bonds. The van der Waals surface area contributed by atoms with Gasteiger partial charge in [0.25, 0.3) is 0 Å². The number of fused-ring (bicyclic) bond motifs is 2. The number of ether oxygens (including phenoxy) is 3. The first kappa shape index (κ1) is 21.2. The van der Waals surface area contributed by atoms with E-state index in [2.05, 4.69) is 19.8 Å². The Balaban J connectivity index is 1.52. The Labute approximate surface area is 190 Å². The van der Waals surface area contributed by atoms with Crippen molar-refractivity contribution in [1.29, 1.82) is 0 Å². The molecule has 1 unspecified atom stereocenters. The monoisotopic (exact) mass is 470 g/mol. The van der Waals surface area contributed by atoms with Gasteiger partial charge in [-0.1, -0.05) is 0 Å². The quantitative estimate of drug-likeness (QED) is 0.596. The molecule has 33 heavy (non-hydrogen) atoms. The van der Waals surface area contributed by atoms with Crippen LogP contribution in [0.4, 0.5) is 10.5 Å². The average Bonchev–Trinajstić information content (AvgIpc) is 3.46. The molecule has 0 aliphatic carbocycles. The van der Waals surface area contributed by atoms with E-state index in [9.17, 15) is 9.00 Å². The number of carbonyl (C=O) groups is 1. The summed E-state index contributed by atoms with van der Waals surface area (Å²) in [6.45, 7) is 1.56. The number of pyridine rings is 1. The van der Waals surface area contributed by atoms with Crippen molar-refractivity contribution in [3.8, 4) is 28.6 Å². The lowest BCUT2D eigenvalue weighted by Crippen LogP contribution is -2.21. The highest BCUT2D eigenvalue weighted by Gasteiger charge is 2.25. The van der Waals surface area contributed by atoms with E-state index in [0.717, 1.165) is 23.1 Å². The molecule has 4 heterocycles. The number of hydrogen-bond acceptors (Lipinski definition) is 7. The first-order chi connectivity index (χ1) is 16.0. The Kier molecular flexibility index (Phi) is 5.38. The predicted molar refractivity (Wildman–Crippen MR) is 120 cm³/mol. The zero-order chi connectivity index (χ0) is 23.0. The first-order valence-corrected chi connectivity index (χ1v) is 11.9. The molecule has 12 heteroatoms. The van der Waals surface area contributed by atoms with Crippen LogP contribution in [0, 0.1) is 0 Å². The van der Waals surface area contributed by atoms with Crippen molar-refractivity contribution in [2.45, 2.75) is 24.3 Å². The highest BCUT2D eigenvalue weighted by atomic mass is 32.2. The Morgan fingerprint density at radius 1 is 1.30 bits per heavy atom. The minimum atomic E-state index is -3.59. The molecule has 1 aromatic carbocycles. The normalized spacial score (nSPS) is 15.9. The molecule has 3 aromatic rings. The Morgan fingerprint density at radius 3 is 3.03 bits per heavy atom. The van der Waals surface area contributed by atoms with Crippen LogP contribution in [0.25, 0.3) is 11.1 Å². The first-order valence-electron chi connectivity index (χ1n) is 10.3. The summed E-state index contributed by atoms with van der Waals surface area (Å²) in [5.41, 5.74) is 2.83. The van der Waals surface area contributed by atoms with Crippen molar-refractivity contribution in [3.63, 3.8) is 0 Å². The fourth-order valence-electron chi connectivity index (χ4n) is 3.89. The van der Waals surface area contributed by atoms with Crippen molar-refractivity contribution in [1.82, 2.24) is 14.8 Å². The molecule has 172 valence electrons. The third kappa shape index (κ3) is 3.98. The van der Waals surface area contributed by atoms with Gasteiger partial charge < -0.3 is 19.5 Å². The molecule has 2 aliphatic rings. The van der Waals surface area contributed by atoms with Crippen LogP contribution >= 0.6 is 0 Å². The molecule has 2 aromatic heterocycles. The Hall–Kier alpha value is -3.64. The number of benzene rings is 1.